The monoisotopic (exact) mass is 672 g/mol. The van der Waals surface area contributed by atoms with Gasteiger partial charge in [-0.25, -0.2) is 0 Å². The van der Waals surface area contributed by atoms with E-state index in [1.807, 2.05) is 53.6 Å². The molecular formula is C32H23N5Pt. The van der Waals surface area contributed by atoms with E-state index in [0.717, 1.165) is 52.7 Å². The molecule has 0 fully saturated rings. The van der Waals surface area contributed by atoms with Crippen LogP contribution in [0.2, 0.25) is 0 Å². The molecule has 0 saturated carbocycles. The van der Waals surface area contributed by atoms with Gasteiger partial charge in [-0.15, -0.1) is 47.5 Å². The summed E-state index contributed by atoms with van der Waals surface area (Å²) in [6.07, 6.45) is 9.46. The standard InChI is InChI=1S/C32H23N5.Pt/c1-2-9-27(10-3-1)35-21-19-33-32(35)26-17-16-25-15-14-24-8-4-5-13-30(24)37(31(25)22-26)29-12-6-11-28(23-29)36-20-7-18-34-36;/h1-13,16-21H,14-15H2;/q-2;+2. The van der Waals surface area contributed by atoms with Gasteiger partial charge in [-0.05, 0) is 47.6 Å². The van der Waals surface area contributed by atoms with Crippen molar-refractivity contribution in [3.05, 3.63) is 139 Å². The van der Waals surface area contributed by atoms with Gasteiger partial charge in [0.25, 0.3) is 0 Å². The second-order valence-electron chi connectivity index (χ2n) is 9.04. The summed E-state index contributed by atoms with van der Waals surface area (Å²) in [6.45, 7) is 0. The van der Waals surface area contributed by atoms with Crippen LogP contribution in [-0.2, 0) is 33.9 Å². The smallest absolute Gasteiger partial charge is 0.352 e. The molecule has 0 spiro atoms. The third-order valence-corrected chi connectivity index (χ3v) is 6.80. The number of rotatable bonds is 4. The van der Waals surface area contributed by atoms with Gasteiger partial charge in [0, 0.05) is 36.2 Å². The number of nitrogens with zero attached hydrogens (tertiary/aromatic N) is 5. The first-order valence-corrected chi connectivity index (χ1v) is 12.4. The summed E-state index contributed by atoms with van der Waals surface area (Å²) in [7, 11) is 0. The number of aromatic nitrogens is 4. The average Bonchev–Trinajstić information content (AvgIpc) is 3.64. The van der Waals surface area contributed by atoms with E-state index in [1.54, 1.807) is 6.20 Å². The molecule has 0 bridgehead atoms. The minimum atomic E-state index is 0. The molecule has 0 saturated heterocycles. The number of hydrogen-bond donors (Lipinski definition) is 0. The number of hydrogen-bond acceptors (Lipinski definition) is 3. The van der Waals surface area contributed by atoms with Gasteiger partial charge < -0.3 is 9.47 Å². The van der Waals surface area contributed by atoms with Crippen molar-refractivity contribution in [2.45, 2.75) is 12.8 Å². The van der Waals surface area contributed by atoms with Crippen LogP contribution in [0.1, 0.15) is 11.1 Å². The average molecular weight is 673 g/mol. The van der Waals surface area contributed by atoms with Crippen molar-refractivity contribution in [3.63, 3.8) is 0 Å². The molecule has 7 rings (SSSR count). The van der Waals surface area contributed by atoms with Crippen molar-refractivity contribution in [3.8, 4) is 22.8 Å². The first kappa shape index (κ1) is 24.1. The van der Waals surface area contributed by atoms with Crippen LogP contribution in [0.3, 0.4) is 0 Å². The van der Waals surface area contributed by atoms with Gasteiger partial charge in [0.15, 0.2) is 0 Å². The summed E-state index contributed by atoms with van der Waals surface area (Å²) in [5, 5.41) is 4.41. The maximum Gasteiger partial charge on any atom is 2.00 e. The molecule has 4 aromatic carbocycles. The fraction of sp³-hybridized carbons (Fsp3) is 0.0625. The van der Waals surface area contributed by atoms with E-state index in [9.17, 15) is 0 Å². The molecule has 186 valence electrons. The molecule has 1 aliphatic rings. The summed E-state index contributed by atoms with van der Waals surface area (Å²) in [5.74, 6) is 0.862. The quantitative estimate of drug-likeness (QED) is 0.192. The van der Waals surface area contributed by atoms with E-state index in [4.69, 9.17) is 4.98 Å². The van der Waals surface area contributed by atoms with Crippen LogP contribution >= 0.6 is 0 Å². The molecule has 0 N–H and O–H groups in total. The fourth-order valence-corrected chi connectivity index (χ4v) is 5.04. The Labute approximate surface area is 236 Å². The predicted molar refractivity (Wildman–Crippen MR) is 146 cm³/mol. The summed E-state index contributed by atoms with van der Waals surface area (Å²) in [4.78, 5) is 7.00. The van der Waals surface area contributed by atoms with Gasteiger partial charge in [0.05, 0.1) is 5.82 Å². The number of anilines is 3. The molecule has 0 atom stereocenters. The zero-order valence-electron chi connectivity index (χ0n) is 20.4. The van der Waals surface area contributed by atoms with E-state index in [2.05, 4.69) is 87.4 Å². The third-order valence-electron chi connectivity index (χ3n) is 6.80. The largest absolute Gasteiger partial charge is 2.00 e. The van der Waals surface area contributed by atoms with Crippen LogP contribution in [0.5, 0.6) is 0 Å². The number of fused-ring (bicyclic) bond motifs is 2. The van der Waals surface area contributed by atoms with Crippen molar-refractivity contribution in [2.75, 3.05) is 4.90 Å². The fourth-order valence-electron chi connectivity index (χ4n) is 5.04. The summed E-state index contributed by atoms with van der Waals surface area (Å²) in [5.41, 5.74) is 8.58. The number of benzene rings is 4. The first-order valence-electron chi connectivity index (χ1n) is 12.4. The topological polar surface area (TPSA) is 38.9 Å². The Balaban J connectivity index is 0.00000264. The molecule has 6 aromatic rings. The maximum absolute atomic E-state index is 4.72. The Hall–Kier alpha value is -4.21. The molecule has 0 unspecified atom stereocenters. The van der Waals surface area contributed by atoms with Gasteiger partial charge in [0.1, 0.15) is 0 Å². The van der Waals surface area contributed by atoms with Gasteiger partial charge in [-0.3, -0.25) is 9.67 Å². The van der Waals surface area contributed by atoms with Gasteiger partial charge in [-0.2, -0.15) is 11.2 Å². The number of imidazole rings is 1. The second-order valence-corrected chi connectivity index (χ2v) is 9.04. The van der Waals surface area contributed by atoms with Crippen molar-refractivity contribution in [1.29, 1.82) is 0 Å². The van der Waals surface area contributed by atoms with Crippen molar-refractivity contribution in [2.24, 2.45) is 0 Å². The molecule has 5 nitrogen and oxygen atoms in total. The summed E-state index contributed by atoms with van der Waals surface area (Å²) in [6, 6.07) is 38.7. The molecule has 3 heterocycles. The van der Waals surface area contributed by atoms with E-state index in [0.29, 0.717) is 0 Å². The minimum Gasteiger partial charge on any atom is -0.352 e. The molecule has 0 aliphatic carbocycles. The van der Waals surface area contributed by atoms with Crippen LogP contribution in [0, 0.1) is 12.1 Å². The zero-order valence-corrected chi connectivity index (χ0v) is 22.7. The first-order chi connectivity index (χ1) is 18.3. The zero-order chi connectivity index (χ0) is 24.6. The van der Waals surface area contributed by atoms with E-state index in [1.165, 1.54) is 11.1 Å². The Bertz CT molecular complexity index is 1690. The Morgan fingerprint density at radius 2 is 1.47 bits per heavy atom. The Morgan fingerprint density at radius 3 is 2.34 bits per heavy atom. The van der Waals surface area contributed by atoms with Gasteiger partial charge in [-0.1, -0.05) is 48.5 Å². The van der Waals surface area contributed by atoms with Crippen LogP contribution in [0.25, 0.3) is 22.8 Å². The third kappa shape index (κ3) is 4.29. The van der Waals surface area contributed by atoms with E-state index in [-0.39, 0.29) is 21.1 Å². The molecule has 2 aromatic heterocycles. The van der Waals surface area contributed by atoms with Crippen molar-refractivity contribution >= 4 is 17.1 Å². The molecule has 6 heteroatoms. The Kier molecular flexibility index (Phi) is 6.53. The second kappa shape index (κ2) is 10.3. The molecule has 0 radical (unpaired) electrons. The van der Waals surface area contributed by atoms with Gasteiger partial charge >= 0.3 is 21.1 Å². The molecule has 0 amide bonds. The SMILES string of the molecule is [Pt+2].[c-]1c(N2c3[c-]c(-c4nccn4-c4ccccc4)ccc3CCc3ccccc32)cccc1-n1cccn1. The van der Waals surface area contributed by atoms with Crippen LogP contribution < -0.4 is 4.90 Å². The van der Waals surface area contributed by atoms with Crippen LogP contribution in [0.15, 0.2) is 116 Å². The Morgan fingerprint density at radius 1 is 0.658 bits per heavy atom. The summed E-state index contributed by atoms with van der Waals surface area (Å²) < 4.78 is 3.95. The van der Waals surface area contributed by atoms with Crippen LogP contribution in [-0.4, -0.2) is 19.3 Å². The maximum atomic E-state index is 4.72. The molecular weight excluding hydrogens is 649 g/mol. The van der Waals surface area contributed by atoms with E-state index >= 15 is 0 Å². The predicted octanol–water partition coefficient (Wildman–Crippen LogP) is 6.89. The molecule has 1 aliphatic heterocycles. The van der Waals surface area contributed by atoms with E-state index < -0.39 is 0 Å². The van der Waals surface area contributed by atoms with Crippen molar-refractivity contribution in [1.82, 2.24) is 19.3 Å². The normalized spacial score (nSPS) is 12.3. The number of aryl methyl sites for hydroxylation is 2. The number of para-hydroxylation sites is 2. The summed E-state index contributed by atoms with van der Waals surface area (Å²) >= 11 is 0. The van der Waals surface area contributed by atoms with Crippen LogP contribution in [0.4, 0.5) is 17.1 Å². The molecule has 38 heavy (non-hydrogen) atoms. The minimum absolute atomic E-state index is 0. The van der Waals surface area contributed by atoms with Gasteiger partial charge in [0.2, 0.25) is 0 Å². The van der Waals surface area contributed by atoms with Crippen molar-refractivity contribution < 1.29 is 21.1 Å².